The van der Waals surface area contributed by atoms with E-state index >= 15 is 0 Å². The first kappa shape index (κ1) is 13.1. The van der Waals surface area contributed by atoms with Crippen molar-refractivity contribution < 1.29 is 18.0 Å². The van der Waals surface area contributed by atoms with E-state index in [0.717, 1.165) is 11.6 Å². The molecule has 0 aliphatic carbocycles. The molecule has 1 fully saturated rings. The predicted molar refractivity (Wildman–Crippen MR) is 60.9 cm³/mol. The highest BCUT2D eigenvalue weighted by Gasteiger charge is 2.35. The van der Waals surface area contributed by atoms with Crippen LogP contribution in [0, 0.1) is 0 Å². The summed E-state index contributed by atoms with van der Waals surface area (Å²) in [4.78, 5) is 13.5. The molecule has 18 heavy (non-hydrogen) atoms. The van der Waals surface area contributed by atoms with Crippen molar-refractivity contribution in [3.05, 3.63) is 22.8 Å². The van der Waals surface area contributed by atoms with Crippen molar-refractivity contribution in [1.82, 2.24) is 10.2 Å². The van der Waals surface area contributed by atoms with E-state index in [9.17, 15) is 18.0 Å². The summed E-state index contributed by atoms with van der Waals surface area (Å²) in [6.07, 6.45) is -3.27. The number of rotatable bonds is 1. The zero-order chi connectivity index (χ0) is 13.3. The molecule has 3 nitrogen and oxygen atoms in total. The summed E-state index contributed by atoms with van der Waals surface area (Å²) in [5.41, 5.74) is 1.19. The third-order valence-corrected chi connectivity index (χ3v) is 3.39. The Morgan fingerprint density at radius 1 is 1.39 bits per heavy atom. The lowest BCUT2D eigenvalue weighted by Gasteiger charge is -2.29. The van der Waals surface area contributed by atoms with Crippen LogP contribution >= 0.6 is 0 Å². The summed E-state index contributed by atoms with van der Waals surface area (Å²) < 4.78 is 37.3. The van der Waals surface area contributed by atoms with E-state index in [0.29, 0.717) is 18.7 Å². The van der Waals surface area contributed by atoms with Gasteiger partial charge in [0.1, 0.15) is 0 Å². The fourth-order valence-corrected chi connectivity index (χ4v) is 2.01. The van der Waals surface area contributed by atoms with Gasteiger partial charge in [-0.2, -0.15) is 13.2 Å². The first-order chi connectivity index (χ1) is 8.39. The fraction of sp³-hybridized carbons (Fsp3) is 0.583. The summed E-state index contributed by atoms with van der Waals surface area (Å²) in [5, 5.41) is 3.04. The molecule has 0 spiro atoms. The summed E-state index contributed by atoms with van der Waals surface area (Å²) in [6, 6.07) is 0. The molecule has 0 saturated carbocycles. The molecule has 0 radical (unpaired) electrons. The van der Waals surface area contributed by atoms with Crippen LogP contribution < -0.4 is 5.32 Å². The van der Waals surface area contributed by atoms with Gasteiger partial charge in [-0.15, -0.1) is 0 Å². The Hall–Kier alpha value is -1.30. The van der Waals surface area contributed by atoms with Crippen molar-refractivity contribution in [2.45, 2.75) is 19.5 Å². The molecule has 2 aliphatic heterocycles. The molecule has 6 heteroatoms. The normalized spacial score (nSPS) is 20.3. The van der Waals surface area contributed by atoms with Gasteiger partial charge in [0, 0.05) is 37.3 Å². The molecule has 0 aromatic rings. The van der Waals surface area contributed by atoms with Crippen LogP contribution in [-0.4, -0.2) is 43.2 Å². The van der Waals surface area contributed by atoms with Gasteiger partial charge in [-0.3, -0.25) is 4.79 Å². The van der Waals surface area contributed by atoms with E-state index in [1.54, 1.807) is 6.92 Å². The van der Waals surface area contributed by atoms with Crippen LogP contribution in [0.1, 0.15) is 13.3 Å². The zero-order valence-electron chi connectivity index (χ0n) is 10.1. The Bertz CT molecular complexity index is 418. The number of hydrogen-bond acceptors (Lipinski definition) is 2. The van der Waals surface area contributed by atoms with Gasteiger partial charge in [-0.05, 0) is 18.9 Å². The first-order valence-electron chi connectivity index (χ1n) is 5.84. The molecule has 1 saturated heterocycles. The second-order valence-electron chi connectivity index (χ2n) is 4.56. The van der Waals surface area contributed by atoms with E-state index in [2.05, 4.69) is 5.32 Å². The van der Waals surface area contributed by atoms with Crippen LogP contribution in [0.25, 0.3) is 0 Å². The van der Waals surface area contributed by atoms with Crippen molar-refractivity contribution in [3.8, 4) is 0 Å². The smallest absolute Gasteiger partial charge is 0.335 e. The Kier molecular flexibility index (Phi) is 3.47. The first-order valence-corrected chi connectivity index (χ1v) is 5.84. The van der Waals surface area contributed by atoms with Gasteiger partial charge in [0.2, 0.25) is 5.91 Å². The topological polar surface area (TPSA) is 32.3 Å². The second kappa shape index (κ2) is 4.76. The third kappa shape index (κ3) is 2.58. The third-order valence-electron chi connectivity index (χ3n) is 3.39. The zero-order valence-corrected chi connectivity index (χ0v) is 10.1. The number of carbonyl (C=O) groups excluding carboxylic acids is 1. The number of nitrogens with zero attached hydrogens (tertiary/aromatic N) is 1. The summed E-state index contributed by atoms with van der Waals surface area (Å²) in [7, 11) is 0. The average Bonchev–Trinajstić information content (AvgIpc) is 2.24. The molecule has 0 bridgehead atoms. The van der Waals surface area contributed by atoms with Crippen molar-refractivity contribution in [2.75, 3.05) is 26.2 Å². The van der Waals surface area contributed by atoms with Crippen molar-refractivity contribution in [3.63, 3.8) is 0 Å². The SMILES string of the molecule is CC(C(=O)N1CC=C(C(F)(F)F)CC1)=C1CNC1. The highest BCUT2D eigenvalue weighted by Crippen LogP contribution is 2.30. The maximum Gasteiger partial charge on any atom is 0.412 e. The van der Waals surface area contributed by atoms with Crippen LogP contribution in [0.5, 0.6) is 0 Å². The van der Waals surface area contributed by atoms with Gasteiger partial charge in [0.25, 0.3) is 0 Å². The Labute approximate surface area is 103 Å². The number of alkyl halides is 3. The quantitative estimate of drug-likeness (QED) is 0.574. The predicted octanol–water partition coefficient (Wildman–Crippen LogP) is 1.63. The van der Waals surface area contributed by atoms with E-state index in [1.807, 2.05) is 0 Å². The molecule has 2 heterocycles. The molecule has 100 valence electrons. The molecule has 0 atom stereocenters. The lowest BCUT2D eigenvalue weighted by Crippen LogP contribution is -2.41. The number of nitrogens with one attached hydrogen (secondary N) is 1. The minimum atomic E-state index is -4.26. The molecule has 2 rings (SSSR count). The van der Waals surface area contributed by atoms with Crippen LogP contribution in [0.4, 0.5) is 13.2 Å². The Morgan fingerprint density at radius 3 is 2.44 bits per heavy atom. The molecule has 2 aliphatic rings. The van der Waals surface area contributed by atoms with Gasteiger partial charge >= 0.3 is 6.18 Å². The minimum Gasteiger partial charge on any atom is -0.335 e. The largest absolute Gasteiger partial charge is 0.412 e. The van der Waals surface area contributed by atoms with Crippen molar-refractivity contribution >= 4 is 5.91 Å². The number of halogens is 3. The maximum absolute atomic E-state index is 12.4. The van der Waals surface area contributed by atoms with Crippen molar-refractivity contribution in [1.29, 1.82) is 0 Å². The van der Waals surface area contributed by atoms with Gasteiger partial charge in [-0.25, -0.2) is 0 Å². The molecule has 0 unspecified atom stereocenters. The molecule has 0 aromatic heterocycles. The summed E-state index contributed by atoms with van der Waals surface area (Å²) in [5.74, 6) is -0.149. The Balaban J connectivity index is 2.02. The molecular formula is C12H15F3N2O. The molecule has 1 amide bonds. The lowest BCUT2D eigenvalue weighted by molar-refractivity contribution is -0.128. The van der Waals surface area contributed by atoms with Gasteiger partial charge in [0.15, 0.2) is 0 Å². The summed E-state index contributed by atoms with van der Waals surface area (Å²) in [6.45, 7) is 3.33. The summed E-state index contributed by atoms with van der Waals surface area (Å²) >= 11 is 0. The monoisotopic (exact) mass is 260 g/mol. The lowest BCUT2D eigenvalue weighted by atomic mass is 10.0. The van der Waals surface area contributed by atoms with Gasteiger partial charge < -0.3 is 10.2 Å². The highest BCUT2D eigenvalue weighted by molar-refractivity contribution is 5.94. The van der Waals surface area contributed by atoms with Crippen molar-refractivity contribution in [2.24, 2.45) is 0 Å². The number of carbonyl (C=O) groups is 1. The van der Waals surface area contributed by atoms with Crippen LogP contribution in [0.3, 0.4) is 0 Å². The minimum absolute atomic E-state index is 0.0473. The van der Waals surface area contributed by atoms with E-state index in [1.165, 1.54) is 4.90 Å². The van der Waals surface area contributed by atoms with E-state index in [-0.39, 0.29) is 25.4 Å². The van der Waals surface area contributed by atoms with Crippen LogP contribution in [0.15, 0.2) is 22.8 Å². The average molecular weight is 260 g/mol. The molecule has 1 N–H and O–H groups in total. The molecular weight excluding hydrogens is 245 g/mol. The standard InChI is InChI=1S/C12H15F3N2O/c1-8(9-6-16-7-9)11(18)17-4-2-10(3-5-17)12(13,14)15/h2,16H,3-7H2,1H3. The van der Waals surface area contributed by atoms with Gasteiger partial charge in [0.05, 0.1) is 0 Å². The highest BCUT2D eigenvalue weighted by atomic mass is 19.4. The van der Waals surface area contributed by atoms with E-state index < -0.39 is 11.7 Å². The Morgan fingerprint density at radius 2 is 2.06 bits per heavy atom. The molecule has 0 aromatic carbocycles. The van der Waals surface area contributed by atoms with E-state index in [4.69, 9.17) is 0 Å². The maximum atomic E-state index is 12.4. The number of hydrogen-bond donors (Lipinski definition) is 1. The van der Waals surface area contributed by atoms with Crippen LogP contribution in [-0.2, 0) is 4.79 Å². The van der Waals surface area contributed by atoms with Gasteiger partial charge in [-0.1, -0.05) is 6.08 Å². The number of amides is 1. The van der Waals surface area contributed by atoms with Crippen LogP contribution in [0.2, 0.25) is 0 Å². The fourth-order valence-electron chi connectivity index (χ4n) is 2.01. The second-order valence-corrected chi connectivity index (χ2v) is 4.56.